The maximum Gasteiger partial charge on any atom is 0.259 e. The summed E-state index contributed by atoms with van der Waals surface area (Å²) < 4.78 is 4.88. The lowest BCUT2D eigenvalue weighted by Gasteiger charge is -2.24. The SMILES string of the molecule is CCN(CC(=O)NC(C)(C)C)C(=O)c1ccoc1Cl. The monoisotopic (exact) mass is 286 g/mol. The van der Waals surface area contributed by atoms with Crippen molar-refractivity contribution in [2.45, 2.75) is 33.2 Å². The van der Waals surface area contributed by atoms with Crippen LogP contribution in [0.1, 0.15) is 38.1 Å². The average molecular weight is 287 g/mol. The topological polar surface area (TPSA) is 62.6 Å². The molecule has 1 heterocycles. The van der Waals surface area contributed by atoms with E-state index in [-0.39, 0.29) is 34.7 Å². The summed E-state index contributed by atoms with van der Waals surface area (Å²) >= 11 is 5.76. The molecule has 106 valence electrons. The first kappa shape index (κ1) is 15.6. The van der Waals surface area contributed by atoms with Gasteiger partial charge in [-0.25, -0.2) is 0 Å². The fraction of sp³-hybridized carbons (Fsp3) is 0.538. The molecule has 1 aromatic rings. The van der Waals surface area contributed by atoms with Crippen LogP contribution in [-0.2, 0) is 4.79 Å². The Morgan fingerprint density at radius 1 is 1.42 bits per heavy atom. The lowest BCUT2D eigenvalue weighted by Crippen LogP contribution is -2.47. The molecular formula is C13H19ClN2O3. The molecule has 0 radical (unpaired) electrons. The number of carbonyl (C=O) groups is 2. The van der Waals surface area contributed by atoms with Crippen molar-refractivity contribution in [1.29, 1.82) is 0 Å². The van der Waals surface area contributed by atoms with Gasteiger partial charge in [-0.2, -0.15) is 0 Å². The van der Waals surface area contributed by atoms with Gasteiger partial charge in [0.2, 0.25) is 11.1 Å². The molecule has 0 unspecified atom stereocenters. The minimum absolute atomic E-state index is 0.00584. The zero-order chi connectivity index (χ0) is 14.6. The lowest BCUT2D eigenvalue weighted by atomic mass is 10.1. The molecule has 0 aliphatic heterocycles. The van der Waals surface area contributed by atoms with E-state index >= 15 is 0 Å². The number of amides is 2. The zero-order valence-corrected chi connectivity index (χ0v) is 12.4. The second-order valence-electron chi connectivity index (χ2n) is 5.23. The standard InChI is InChI=1S/C13H19ClN2O3/c1-5-16(8-10(17)15-13(2,3)4)12(18)9-6-7-19-11(9)14/h6-7H,5,8H2,1-4H3,(H,15,17). The maximum absolute atomic E-state index is 12.2. The number of nitrogens with zero attached hydrogens (tertiary/aromatic N) is 1. The fourth-order valence-electron chi connectivity index (χ4n) is 1.57. The Morgan fingerprint density at radius 2 is 2.05 bits per heavy atom. The highest BCUT2D eigenvalue weighted by Gasteiger charge is 2.22. The second kappa shape index (κ2) is 6.10. The summed E-state index contributed by atoms with van der Waals surface area (Å²) in [5.74, 6) is -0.521. The van der Waals surface area contributed by atoms with Crippen molar-refractivity contribution in [3.05, 3.63) is 23.1 Å². The molecule has 0 fully saturated rings. The predicted octanol–water partition coefficient (Wildman–Crippen LogP) is 2.31. The van der Waals surface area contributed by atoms with Crippen LogP contribution in [0.15, 0.2) is 16.7 Å². The van der Waals surface area contributed by atoms with Gasteiger partial charge in [-0.1, -0.05) is 0 Å². The predicted molar refractivity (Wildman–Crippen MR) is 73.2 cm³/mol. The normalized spacial score (nSPS) is 11.2. The van der Waals surface area contributed by atoms with Crippen LogP contribution < -0.4 is 5.32 Å². The Hall–Kier alpha value is -1.49. The Bertz CT molecular complexity index is 463. The smallest absolute Gasteiger partial charge is 0.259 e. The van der Waals surface area contributed by atoms with Crippen molar-refractivity contribution in [3.63, 3.8) is 0 Å². The number of likely N-dealkylation sites (N-methyl/N-ethyl adjacent to an activating group) is 1. The van der Waals surface area contributed by atoms with E-state index in [0.717, 1.165) is 0 Å². The van der Waals surface area contributed by atoms with Gasteiger partial charge in [0.25, 0.3) is 5.91 Å². The minimum atomic E-state index is -0.327. The summed E-state index contributed by atoms with van der Waals surface area (Å²) in [5.41, 5.74) is -0.0561. The van der Waals surface area contributed by atoms with Crippen molar-refractivity contribution in [3.8, 4) is 0 Å². The number of furan rings is 1. The average Bonchev–Trinajstić information content (AvgIpc) is 2.69. The van der Waals surface area contributed by atoms with Gasteiger partial charge in [-0.15, -0.1) is 0 Å². The van der Waals surface area contributed by atoms with E-state index in [2.05, 4.69) is 5.32 Å². The molecular weight excluding hydrogens is 268 g/mol. The maximum atomic E-state index is 12.2. The fourth-order valence-corrected chi connectivity index (χ4v) is 1.77. The van der Waals surface area contributed by atoms with Crippen molar-refractivity contribution < 1.29 is 14.0 Å². The van der Waals surface area contributed by atoms with E-state index in [4.69, 9.17) is 16.0 Å². The Balaban J connectivity index is 2.72. The quantitative estimate of drug-likeness (QED) is 0.924. The molecule has 0 aliphatic carbocycles. The first-order chi connectivity index (χ1) is 8.74. The molecule has 0 aliphatic rings. The van der Waals surface area contributed by atoms with Crippen LogP contribution >= 0.6 is 11.6 Å². The van der Waals surface area contributed by atoms with Gasteiger partial charge in [-0.05, 0) is 45.4 Å². The van der Waals surface area contributed by atoms with Crippen molar-refractivity contribution in [2.24, 2.45) is 0 Å². The van der Waals surface area contributed by atoms with E-state index in [1.165, 1.54) is 17.2 Å². The Kier molecular flexibility index (Phi) is 5.00. The largest absolute Gasteiger partial charge is 0.452 e. The molecule has 0 saturated carbocycles. The van der Waals surface area contributed by atoms with E-state index in [0.29, 0.717) is 6.54 Å². The third-order valence-electron chi connectivity index (χ3n) is 2.37. The first-order valence-corrected chi connectivity index (χ1v) is 6.45. The molecule has 1 rings (SSSR count). The molecule has 5 nitrogen and oxygen atoms in total. The number of carbonyl (C=O) groups excluding carboxylic acids is 2. The molecule has 0 saturated heterocycles. The number of nitrogens with one attached hydrogen (secondary N) is 1. The van der Waals surface area contributed by atoms with Gasteiger partial charge in [0.15, 0.2) is 0 Å². The summed E-state index contributed by atoms with van der Waals surface area (Å²) in [6, 6.07) is 1.50. The lowest BCUT2D eigenvalue weighted by molar-refractivity contribution is -0.123. The summed E-state index contributed by atoms with van der Waals surface area (Å²) in [4.78, 5) is 25.4. The van der Waals surface area contributed by atoms with Crippen LogP contribution in [0.25, 0.3) is 0 Å². The van der Waals surface area contributed by atoms with Crippen molar-refractivity contribution in [2.75, 3.05) is 13.1 Å². The molecule has 0 atom stereocenters. The van der Waals surface area contributed by atoms with Gasteiger partial charge >= 0.3 is 0 Å². The van der Waals surface area contributed by atoms with Crippen LogP contribution in [0, 0.1) is 0 Å². The van der Waals surface area contributed by atoms with Crippen LogP contribution in [0.2, 0.25) is 5.22 Å². The molecule has 1 N–H and O–H groups in total. The second-order valence-corrected chi connectivity index (χ2v) is 5.57. The molecule has 0 spiro atoms. The van der Waals surface area contributed by atoms with E-state index < -0.39 is 0 Å². The zero-order valence-electron chi connectivity index (χ0n) is 11.6. The number of hydrogen-bond acceptors (Lipinski definition) is 3. The summed E-state index contributed by atoms with van der Waals surface area (Å²) in [6.45, 7) is 7.87. The van der Waals surface area contributed by atoms with E-state index in [1.54, 1.807) is 6.92 Å². The summed E-state index contributed by atoms with van der Waals surface area (Å²) in [6.07, 6.45) is 1.35. The highest BCUT2D eigenvalue weighted by atomic mass is 35.5. The molecule has 19 heavy (non-hydrogen) atoms. The molecule has 2 amide bonds. The van der Waals surface area contributed by atoms with Gasteiger partial charge in [-0.3, -0.25) is 9.59 Å². The van der Waals surface area contributed by atoms with Gasteiger partial charge in [0, 0.05) is 12.1 Å². The molecule has 1 aromatic heterocycles. The Morgan fingerprint density at radius 3 is 2.47 bits per heavy atom. The van der Waals surface area contributed by atoms with Crippen LogP contribution in [0.5, 0.6) is 0 Å². The third kappa shape index (κ3) is 4.59. The molecule has 0 bridgehead atoms. The van der Waals surface area contributed by atoms with E-state index in [1.807, 2.05) is 20.8 Å². The van der Waals surface area contributed by atoms with E-state index in [9.17, 15) is 9.59 Å². The van der Waals surface area contributed by atoms with Gasteiger partial charge < -0.3 is 14.6 Å². The number of rotatable bonds is 4. The van der Waals surface area contributed by atoms with Crippen molar-refractivity contribution >= 4 is 23.4 Å². The number of hydrogen-bond donors (Lipinski definition) is 1. The molecule has 6 heteroatoms. The third-order valence-corrected chi connectivity index (χ3v) is 2.66. The van der Waals surface area contributed by atoms with Gasteiger partial charge in [0.05, 0.1) is 18.4 Å². The van der Waals surface area contributed by atoms with Crippen LogP contribution in [-0.4, -0.2) is 35.3 Å². The summed E-state index contributed by atoms with van der Waals surface area (Å²) in [5, 5.41) is 2.85. The van der Waals surface area contributed by atoms with Gasteiger partial charge in [0.1, 0.15) is 0 Å². The Labute approximate surface area is 117 Å². The highest BCUT2D eigenvalue weighted by molar-refractivity contribution is 6.32. The van der Waals surface area contributed by atoms with Crippen LogP contribution in [0.3, 0.4) is 0 Å². The minimum Gasteiger partial charge on any atom is -0.452 e. The highest BCUT2D eigenvalue weighted by Crippen LogP contribution is 2.18. The van der Waals surface area contributed by atoms with Crippen molar-refractivity contribution in [1.82, 2.24) is 10.2 Å². The first-order valence-electron chi connectivity index (χ1n) is 6.08. The molecule has 0 aromatic carbocycles. The summed E-state index contributed by atoms with van der Waals surface area (Å²) in [7, 11) is 0. The van der Waals surface area contributed by atoms with Crippen LogP contribution in [0.4, 0.5) is 0 Å². The number of halogens is 1.